The molecule has 4 aliphatic carbocycles. The van der Waals surface area contributed by atoms with E-state index in [9.17, 15) is 19.0 Å². The van der Waals surface area contributed by atoms with Crippen LogP contribution in [0.1, 0.15) is 85.0 Å². The van der Waals surface area contributed by atoms with Crippen LogP contribution in [0, 0.1) is 40.4 Å². The van der Waals surface area contributed by atoms with Crippen LogP contribution in [0.3, 0.4) is 0 Å². The molecule has 3 N–H and O–H groups in total. The van der Waals surface area contributed by atoms with Gasteiger partial charge in [0.1, 0.15) is 5.88 Å². The van der Waals surface area contributed by atoms with Crippen LogP contribution in [0.5, 0.6) is 0 Å². The quantitative estimate of drug-likeness (QED) is 0.439. The van der Waals surface area contributed by atoms with Gasteiger partial charge in [0, 0.05) is 13.0 Å². The average molecular weight is 480 g/mol. The van der Waals surface area contributed by atoms with Gasteiger partial charge < -0.3 is 10.0 Å². The molecule has 0 radical (unpaired) electrons. The summed E-state index contributed by atoms with van der Waals surface area (Å²) in [5.41, 5.74) is 2.22. The fourth-order valence-electron chi connectivity index (χ4n) is 9.16. The zero-order valence-electron chi connectivity index (χ0n) is 20.8. The molecule has 1 heterocycles. The molecule has 0 aromatic carbocycles. The summed E-state index contributed by atoms with van der Waals surface area (Å²) in [5, 5.41) is 10.2. The summed E-state index contributed by atoms with van der Waals surface area (Å²) in [4.78, 5) is 14.4. The van der Waals surface area contributed by atoms with E-state index in [0.717, 1.165) is 43.4 Å². The van der Waals surface area contributed by atoms with E-state index in [4.69, 9.17) is 0 Å². The average Bonchev–Trinajstić information content (AvgIpc) is 3.31. The van der Waals surface area contributed by atoms with Crippen molar-refractivity contribution in [1.29, 1.82) is 0 Å². The summed E-state index contributed by atoms with van der Waals surface area (Å²) in [6.07, 6.45) is 13.3. The van der Waals surface area contributed by atoms with Crippen molar-refractivity contribution in [3.8, 4) is 0 Å². The Kier molecular flexibility index (Phi) is 6.24. The van der Waals surface area contributed by atoms with Gasteiger partial charge in [-0.05, 0) is 98.2 Å². The highest BCUT2D eigenvalue weighted by atomic mass is 32.3. The number of hydrogen-bond donors (Lipinski definition) is 3. The highest BCUT2D eigenvalue weighted by Gasteiger charge is 2.59. The Hall–Kier alpha value is -0.560. The van der Waals surface area contributed by atoms with Crippen LogP contribution >= 0.6 is 10.6 Å². The monoisotopic (exact) mass is 479 g/mol. The predicted octanol–water partition coefficient (Wildman–Crippen LogP) is 5.89. The molecular weight excluding hydrogens is 434 g/mol. The Morgan fingerprint density at radius 2 is 1.97 bits per heavy atom. The lowest BCUT2D eigenvalue weighted by atomic mass is 9.47. The van der Waals surface area contributed by atoms with Gasteiger partial charge in [-0.1, -0.05) is 32.4 Å². The third kappa shape index (κ3) is 4.11. The molecule has 8 atom stereocenters. The maximum Gasteiger partial charge on any atom is 0.223 e. The van der Waals surface area contributed by atoms with Gasteiger partial charge in [-0.2, -0.15) is 10.6 Å². The third-order valence-electron chi connectivity index (χ3n) is 11.1. The number of carbonyl (C=O) groups excluding carboxylic acids is 1. The molecule has 4 fully saturated rings. The molecule has 1 unspecified atom stereocenters. The van der Waals surface area contributed by atoms with E-state index in [1.165, 1.54) is 32.1 Å². The Bertz CT molecular complexity index is 814. The molecule has 33 heavy (non-hydrogen) atoms. The Morgan fingerprint density at radius 3 is 2.70 bits per heavy atom. The predicted molar refractivity (Wildman–Crippen MR) is 134 cm³/mol. The van der Waals surface area contributed by atoms with Gasteiger partial charge in [-0.3, -0.25) is 13.9 Å². The van der Waals surface area contributed by atoms with Crippen molar-refractivity contribution < 1.29 is 19.0 Å². The second-order valence-corrected chi connectivity index (χ2v) is 15.0. The zero-order valence-corrected chi connectivity index (χ0v) is 21.7. The summed E-state index contributed by atoms with van der Waals surface area (Å²) in [7, 11) is -2.56. The summed E-state index contributed by atoms with van der Waals surface area (Å²) in [6, 6.07) is 0. The van der Waals surface area contributed by atoms with Crippen molar-refractivity contribution in [3.63, 3.8) is 0 Å². The third-order valence-corrected chi connectivity index (χ3v) is 12.6. The van der Waals surface area contributed by atoms with Crippen molar-refractivity contribution in [1.82, 2.24) is 4.90 Å². The molecular formula is C27H45NO4S. The number of allylic oxidation sites excluding steroid dienone is 1. The highest BCUT2D eigenvalue weighted by molar-refractivity contribution is 8.24. The number of hydrogen-bond acceptors (Lipinski definition) is 4. The minimum atomic E-state index is -2.56. The minimum Gasteiger partial charge on any atom is -0.393 e. The van der Waals surface area contributed by atoms with Crippen molar-refractivity contribution in [2.45, 2.75) is 91.1 Å². The van der Waals surface area contributed by atoms with Gasteiger partial charge in [0.05, 0.1) is 11.9 Å². The van der Waals surface area contributed by atoms with Gasteiger partial charge in [-0.15, -0.1) is 0 Å². The summed E-state index contributed by atoms with van der Waals surface area (Å²) in [6.45, 7) is 7.91. The van der Waals surface area contributed by atoms with Crippen LogP contribution in [0.15, 0.2) is 11.6 Å². The van der Waals surface area contributed by atoms with Crippen LogP contribution in [-0.2, 0) is 4.79 Å². The topological polar surface area (TPSA) is 81.0 Å². The summed E-state index contributed by atoms with van der Waals surface area (Å²) >= 11 is 0. The molecule has 1 saturated heterocycles. The maximum absolute atomic E-state index is 12.7. The number of fused-ring (bicyclic) bond motifs is 5. The van der Waals surface area contributed by atoms with Crippen LogP contribution in [0.25, 0.3) is 0 Å². The first-order chi connectivity index (χ1) is 15.5. The smallest absolute Gasteiger partial charge is 0.223 e. The number of aliphatic hydroxyl groups is 1. The number of nitrogens with zero attached hydrogens (tertiary/aromatic N) is 1. The molecule has 5 nitrogen and oxygen atoms in total. The second kappa shape index (κ2) is 8.53. The van der Waals surface area contributed by atoms with E-state index in [1.807, 2.05) is 0 Å². The van der Waals surface area contributed by atoms with Crippen molar-refractivity contribution in [2.24, 2.45) is 40.4 Å². The lowest BCUT2D eigenvalue weighted by Crippen LogP contribution is -2.50. The van der Waals surface area contributed by atoms with Crippen LogP contribution in [0.2, 0.25) is 0 Å². The van der Waals surface area contributed by atoms with E-state index in [0.29, 0.717) is 41.4 Å². The molecule has 0 aromatic heterocycles. The van der Waals surface area contributed by atoms with Crippen molar-refractivity contribution in [2.75, 3.05) is 18.2 Å². The SMILES string of the molecule is CC(CCC(=O)N1CCS(O)(O)C1)[C@H]1CC[C@H]2[C@@H]3CC=C4C[C@@H](O)CC[C@]4(C)[C@H]3CC[C@]12C. The minimum absolute atomic E-state index is 0.0973. The lowest BCUT2D eigenvalue weighted by Gasteiger charge is -2.58. The van der Waals surface area contributed by atoms with E-state index in [1.54, 1.807) is 10.5 Å². The summed E-state index contributed by atoms with van der Waals surface area (Å²) < 4.78 is 19.7. The van der Waals surface area contributed by atoms with Crippen molar-refractivity contribution >= 4 is 16.5 Å². The molecule has 5 aliphatic rings. The van der Waals surface area contributed by atoms with Crippen LogP contribution in [-0.4, -0.2) is 49.3 Å². The van der Waals surface area contributed by atoms with Crippen molar-refractivity contribution in [3.05, 3.63) is 11.6 Å². The first-order valence-electron chi connectivity index (χ1n) is 13.4. The normalized spacial score (nSPS) is 46.1. The number of rotatable bonds is 4. The standard InChI is InChI=1S/C27H45NO4S/c1-18(4-9-25(30)28-14-15-33(31,32)17-28)22-7-8-23-21-6-5-19-16-20(29)10-12-26(19,2)24(21)11-13-27(22,23)3/h5,18,20-24,29,31-32H,4,6-17H2,1-3H3/t18?,20-,21-,22+,23-,24-,26-,27+/m0/s1. The number of amides is 1. The number of carbonyl (C=O) groups is 1. The largest absolute Gasteiger partial charge is 0.393 e. The Morgan fingerprint density at radius 1 is 1.18 bits per heavy atom. The fourth-order valence-corrected chi connectivity index (χ4v) is 10.6. The molecule has 1 aliphatic heterocycles. The van der Waals surface area contributed by atoms with Gasteiger partial charge in [0.15, 0.2) is 0 Å². The summed E-state index contributed by atoms with van der Waals surface area (Å²) in [5.74, 6) is 4.12. The zero-order chi connectivity index (χ0) is 23.6. The van der Waals surface area contributed by atoms with Crippen LogP contribution in [0.4, 0.5) is 0 Å². The molecule has 1 amide bonds. The van der Waals surface area contributed by atoms with E-state index in [2.05, 4.69) is 26.8 Å². The molecule has 188 valence electrons. The van der Waals surface area contributed by atoms with Gasteiger partial charge in [0.25, 0.3) is 0 Å². The highest BCUT2D eigenvalue weighted by Crippen LogP contribution is 2.67. The first-order valence-corrected chi connectivity index (χ1v) is 15.3. The lowest BCUT2D eigenvalue weighted by molar-refractivity contribution is -0.130. The number of aliphatic hydroxyl groups excluding tert-OH is 1. The molecule has 0 spiro atoms. The van der Waals surface area contributed by atoms with Crippen LogP contribution < -0.4 is 0 Å². The Labute approximate surface area is 201 Å². The van der Waals surface area contributed by atoms with Gasteiger partial charge in [-0.25, -0.2) is 0 Å². The van der Waals surface area contributed by atoms with Gasteiger partial charge in [0.2, 0.25) is 5.91 Å². The fraction of sp³-hybridized carbons (Fsp3) is 0.889. The first kappa shape index (κ1) is 24.1. The maximum atomic E-state index is 12.7. The van der Waals surface area contributed by atoms with E-state index < -0.39 is 10.6 Å². The van der Waals surface area contributed by atoms with E-state index in [-0.39, 0.29) is 17.9 Å². The van der Waals surface area contributed by atoms with Gasteiger partial charge >= 0.3 is 0 Å². The molecule has 0 bridgehead atoms. The second-order valence-electron chi connectivity index (χ2n) is 12.7. The van der Waals surface area contributed by atoms with E-state index >= 15 is 0 Å². The molecule has 5 rings (SSSR count). The molecule has 0 aromatic rings. The molecule has 3 saturated carbocycles. The Balaban J connectivity index is 1.24. The molecule has 6 heteroatoms.